The van der Waals surface area contributed by atoms with E-state index in [0.717, 1.165) is 5.92 Å². The smallest absolute Gasteiger partial charge is 0.307 e. The normalized spacial score (nSPS) is 45.1. The van der Waals surface area contributed by atoms with Crippen LogP contribution in [0.4, 0.5) is 0 Å². The van der Waals surface area contributed by atoms with E-state index in [9.17, 15) is 4.79 Å². The molecule has 10 heavy (non-hydrogen) atoms. The van der Waals surface area contributed by atoms with Crippen LogP contribution in [0.1, 0.15) is 19.8 Å². The van der Waals surface area contributed by atoms with Crippen LogP contribution in [0, 0.1) is 23.7 Å². The third-order valence-electron chi connectivity index (χ3n) is 2.90. The summed E-state index contributed by atoms with van der Waals surface area (Å²) in [5.41, 5.74) is 0. The average Bonchev–Trinajstić information content (AvgIpc) is 2.57. The molecule has 0 aromatic heterocycles. The van der Waals surface area contributed by atoms with E-state index in [-0.39, 0.29) is 5.92 Å². The topological polar surface area (TPSA) is 37.3 Å². The van der Waals surface area contributed by atoms with Crippen molar-refractivity contribution in [3.63, 3.8) is 0 Å². The van der Waals surface area contributed by atoms with Gasteiger partial charge in [0.1, 0.15) is 0 Å². The molecule has 0 heterocycles. The molecule has 2 fully saturated rings. The Morgan fingerprint density at radius 1 is 1.50 bits per heavy atom. The second-order valence-electron chi connectivity index (χ2n) is 3.64. The summed E-state index contributed by atoms with van der Waals surface area (Å²) in [7, 11) is 0. The van der Waals surface area contributed by atoms with Crippen LogP contribution in [0.25, 0.3) is 0 Å². The van der Waals surface area contributed by atoms with E-state index in [1.807, 2.05) is 0 Å². The standard InChI is InChI=1S/C8H12O2/c1-4-6(5-2-3-5)7(4)8(9)10/h4-7H,2-3H2,1H3,(H,9,10)/t4-,6-,7-/m0/s1. The fourth-order valence-corrected chi connectivity index (χ4v) is 2.09. The molecule has 2 aliphatic carbocycles. The highest BCUT2D eigenvalue weighted by Gasteiger charge is 2.58. The molecule has 2 nitrogen and oxygen atoms in total. The van der Waals surface area contributed by atoms with Crippen LogP contribution < -0.4 is 0 Å². The van der Waals surface area contributed by atoms with Crippen molar-refractivity contribution in [3.05, 3.63) is 0 Å². The van der Waals surface area contributed by atoms with E-state index in [1.54, 1.807) is 0 Å². The predicted octanol–water partition coefficient (Wildman–Crippen LogP) is 1.36. The SMILES string of the molecule is C[C@@H]1[C@H](C(=O)O)[C@@H]1C1CC1. The fraction of sp³-hybridized carbons (Fsp3) is 0.875. The molecule has 2 saturated carbocycles. The Labute approximate surface area is 60.2 Å². The van der Waals surface area contributed by atoms with Gasteiger partial charge >= 0.3 is 5.97 Å². The van der Waals surface area contributed by atoms with Crippen molar-refractivity contribution in [1.82, 2.24) is 0 Å². The van der Waals surface area contributed by atoms with Gasteiger partial charge in [0, 0.05) is 0 Å². The summed E-state index contributed by atoms with van der Waals surface area (Å²) < 4.78 is 0. The Balaban J connectivity index is 1.96. The van der Waals surface area contributed by atoms with Gasteiger partial charge in [0.15, 0.2) is 0 Å². The molecule has 1 N–H and O–H groups in total. The van der Waals surface area contributed by atoms with E-state index in [4.69, 9.17) is 5.11 Å². The van der Waals surface area contributed by atoms with Crippen LogP contribution in [-0.4, -0.2) is 11.1 Å². The minimum absolute atomic E-state index is 0.00694. The Hall–Kier alpha value is -0.530. The molecule has 2 aliphatic rings. The molecule has 2 heteroatoms. The lowest BCUT2D eigenvalue weighted by Crippen LogP contribution is -2.00. The molecule has 0 amide bonds. The first-order chi connectivity index (χ1) is 4.72. The van der Waals surface area contributed by atoms with Crippen molar-refractivity contribution in [1.29, 1.82) is 0 Å². The highest BCUT2D eigenvalue weighted by molar-refractivity contribution is 5.74. The number of rotatable bonds is 2. The number of aliphatic carboxylic acids is 1. The van der Waals surface area contributed by atoms with Crippen molar-refractivity contribution < 1.29 is 9.90 Å². The maximum absolute atomic E-state index is 10.5. The van der Waals surface area contributed by atoms with Gasteiger partial charge in [-0.1, -0.05) is 6.92 Å². The minimum Gasteiger partial charge on any atom is -0.481 e. The molecule has 0 aromatic rings. The van der Waals surface area contributed by atoms with Gasteiger partial charge in [0.25, 0.3) is 0 Å². The number of carboxylic acids is 1. The van der Waals surface area contributed by atoms with Gasteiger partial charge < -0.3 is 5.11 Å². The zero-order valence-corrected chi connectivity index (χ0v) is 6.08. The molecular weight excluding hydrogens is 128 g/mol. The summed E-state index contributed by atoms with van der Waals surface area (Å²) in [6, 6.07) is 0. The molecule has 0 spiro atoms. The monoisotopic (exact) mass is 140 g/mol. The molecule has 0 saturated heterocycles. The lowest BCUT2D eigenvalue weighted by atomic mass is 10.2. The van der Waals surface area contributed by atoms with Gasteiger partial charge in [-0.2, -0.15) is 0 Å². The Kier molecular flexibility index (Phi) is 1.08. The summed E-state index contributed by atoms with van der Waals surface area (Å²) >= 11 is 0. The van der Waals surface area contributed by atoms with Crippen LogP contribution in [0.3, 0.4) is 0 Å². The van der Waals surface area contributed by atoms with Crippen molar-refractivity contribution in [2.24, 2.45) is 23.7 Å². The molecule has 0 radical (unpaired) electrons. The second kappa shape index (κ2) is 1.74. The third-order valence-corrected chi connectivity index (χ3v) is 2.90. The van der Waals surface area contributed by atoms with E-state index in [0.29, 0.717) is 11.8 Å². The largest absolute Gasteiger partial charge is 0.481 e. The van der Waals surface area contributed by atoms with Gasteiger partial charge in [-0.3, -0.25) is 4.79 Å². The molecule has 0 unspecified atom stereocenters. The zero-order chi connectivity index (χ0) is 7.30. The summed E-state index contributed by atoms with van der Waals surface area (Å²) in [5, 5.41) is 8.67. The van der Waals surface area contributed by atoms with Crippen LogP contribution in [-0.2, 0) is 4.79 Å². The average molecular weight is 140 g/mol. The van der Waals surface area contributed by atoms with Gasteiger partial charge in [0.2, 0.25) is 0 Å². The van der Waals surface area contributed by atoms with Crippen LogP contribution >= 0.6 is 0 Å². The fourth-order valence-electron chi connectivity index (χ4n) is 2.09. The van der Waals surface area contributed by atoms with Crippen LogP contribution in [0.15, 0.2) is 0 Å². The summed E-state index contributed by atoms with van der Waals surface area (Å²) in [6.45, 7) is 2.06. The van der Waals surface area contributed by atoms with Crippen LogP contribution in [0.5, 0.6) is 0 Å². The summed E-state index contributed by atoms with van der Waals surface area (Å²) in [4.78, 5) is 10.5. The molecular formula is C8H12O2. The highest BCUT2D eigenvalue weighted by atomic mass is 16.4. The first kappa shape index (κ1) is 6.20. The molecule has 2 rings (SSSR count). The van der Waals surface area contributed by atoms with Crippen molar-refractivity contribution in [2.75, 3.05) is 0 Å². The Morgan fingerprint density at radius 3 is 2.40 bits per heavy atom. The van der Waals surface area contributed by atoms with Gasteiger partial charge in [-0.05, 0) is 30.6 Å². The van der Waals surface area contributed by atoms with Crippen LogP contribution in [0.2, 0.25) is 0 Å². The quantitative estimate of drug-likeness (QED) is 0.628. The zero-order valence-electron chi connectivity index (χ0n) is 6.08. The summed E-state index contributed by atoms with van der Waals surface area (Å²) in [5.74, 6) is 1.20. The van der Waals surface area contributed by atoms with E-state index in [2.05, 4.69) is 6.92 Å². The third kappa shape index (κ3) is 0.746. The molecule has 3 atom stereocenters. The molecule has 0 aliphatic heterocycles. The number of hydrogen-bond donors (Lipinski definition) is 1. The number of carboxylic acid groups (broad SMARTS) is 1. The molecule has 0 aromatic carbocycles. The van der Waals surface area contributed by atoms with Crippen molar-refractivity contribution in [2.45, 2.75) is 19.8 Å². The minimum atomic E-state index is -0.579. The van der Waals surface area contributed by atoms with Gasteiger partial charge in [0.05, 0.1) is 5.92 Å². The Morgan fingerprint density at radius 2 is 2.10 bits per heavy atom. The lowest BCUT2D eigenvalue weighted by molar-refractivity contribution is -0.139. The Bertz CT molecular complexity index is 172. The van der Waals surface area contributed by atoms with Crippen molar-refractivity contribution >= 4 is 5.97 Å². The predicted molar refractivity (Wildman–Crippen MR) is 36.5 cm³/mol. The number of carbonyl (C=O) groups is 1. The first-order valence-electron chi connectivity index (χ1n) is 3.94. The summed E-state index contributed by atoms with van der Waals surface area (Å²) in [6.07, 6.45) is 2.55. The highest BCUT2D eigenvalue weighted by Crippen LogP contribution is 2.58. The first-order valence-corrected chi connectivity index (χ1v) is 3.94. The van der Waals surface area contributed by atoms with Gasteiger partial charge in [-0.25, -0.2) is 0 Å². The number of hydrogen-bond acceptors (Lipinski definition) is 1. The van der Waals surface area contributed by atoms with E-state index >= 15 is 0 Å². The molecule has 56 valence electrons. The van der Waals surface area contributed by atoms with E-state index in [1.165, 1.54) is 12.8 Å². The second-order valence-corrected chi connectivity index (χ2v) is 3.64. The van der Waals surface area contributed by atoms with Crippen molar-refractivity contribution in [3.8, 4) is 0 Å². The van der Waals surface area contributed by atoms with E-state index < -0.39 is 5.97 Å². The van der Waals surface area contributed by atoms with Gasteiger partial charge in [-0.15, -0.1) is 0 Å². The lowest BCUT2D eigenvalue weighted by Gasteiger charge is -1.87. The maximum Gasteiger partial charge on any atom is 0.307 e. The maximum atomic E-state index is 10.5. The molecule has 0 bridgehead atoms.